The minimum Gasteiger partial charge on any atom is -0.418 e. The number of halogens is 4. The van der Waals surface area contributed by atoms with Crippen LogP contribution in [0.3, 0.4) is 0 Å². The van der Waals surface area contributed by atoms with E-state index in [-0.39, 0.29) is 0 Å². The zero-order valence-electron chi connectivity index (χ0n) is 11.7. The van der Waals surface area contributed by atoms with Gasteiger partial charge in [-0.1, -0.05) is 36.0 Å². The standard InChI is InChI=1S/C14H14N2S.BF4/c15-9-10-16-11-5-1-3-7-13(11)17-14-8-4-2-6-12(14)16;2-1(3,4)5/h1-8H,9-10,15H2;/q;-1/p+1. The summed E-state index contributed by atoms with van der Waals surface area (Å²) in [7, 11) is -6.00. The van der Waals surface area contributed by atoms with Crippen LogP contribution in [0.25, 0.3) is 0 Å². The lowest BCUT2D eigenvalue weighted by Gasteiger charge is -2.31. The van der Waals surface area contributed by atoms with Crippen LogP contribution in [-0.2, 0) is 0 Å². The fourth-order valence-electron chi connectivity index (χ4n) is 2.18. The van der Waals surface area contributed by atoms with E-state index in [0.29, 0.717) is 0 Å². The van der Waals surface area contributed by atoms with Gasteiger partial charge in [-0.3, -0.25) is 0 Å². The highest BCUT2D eigenvalue weighted by Gasteiger charge is 2.22. The number of nitrogens with zero attached hydrogens (tertiary/aromatic N) is 1. The Morgan fingerprint density at radius 3 is 1.68 bits per heavy atom. The molecule has 1 aliphatic heterocycles. The number of fused-ring (bicyclic) bond motifs is 2. The van der Waals surface area contributed by atoms with Crippen LogP contribution in [0, 0.1) is 0 Å². The van der Waals surface area contributed by atoms with Crippen molar-refractivity contribution in [1.82, 2.24) is 0 Å². The van der Waals surface area contributed by atoms with Crippen molar-refractivity contribution < 1.29 is 23.0 Å². The lowest BCUT2D eigenvalue weighted by atomic mass is 10.2. The molecule has 0 atom stereocenters. The van der Waals surface area contributed by atoms with E-state index in [1.165, 1.54) is 21.2 Å². The van der Waals surface area contributed by atoms with Gasteiger partial charge in [0.2, 0.25) is 0 Å². The lowest BCUT2D eigenvalue weighted by molar-refractivity contribution is -0.363. The first-order valence-electron chi connectivity index (χ1n) is 6.70. The van der Waals surface area contributed by atoms with Crippen molar-refractivity contribution in [2.24, 2.45) is 0 Å². The van der Waals surface area contributed by atoms with Crippen molar-refractivity contribution in [3.63, 3.8) is 0 Å². The molecule has 0 bridgehead atoms. The fraction of sp³-hybridized carbons (Fsp3) is 0.143. The summed E-state index contributed by atoms with van der Waals surface area (Å²) in [4.78, 5) is 5.04. The van der Waals surface area contributed by atoms with Crippen LogP contribution in [0.2, 0.25) is 0 Å². The normalized spacial score (nSPS) is 12.9. The first kappa shape index (κ1) is 16.7. The summed E-state index contributed by atoms with van der Waals surface area (Å²) in [6.07, 6.45) is 0. The van der Waals surface area contributed by atoms with E-state index in [2.05, 4.69) is 59.2 Å². The fourth-order valence-corrected chi connectivity index (χ4v) is 3.28. The average Bonchev–Trinajstić information content (AvgIpc) is 2.45. The summed E-state index contributed by atoms with van der Waals surface area (Å²) in [5.41, 5.74) is 6.59. The molecule has 1 aliphatic rings. The molecule has 0 aliphatic carbocycles. The van der Waals surface area contributed by atoms with E-state index in [1.54, 1.807) is 0 Å². The summed E-state index contributed by atoms with van der Waals surface area (Å²) >= 11 is 1.85. The summed E-state index contributed by atoms with van der Waals surface area (Å²) < 4.78 is 39.0. The van der Waals surface area contributed by atoms with Gasteiger partial charge < -0.3 is 27.9 Å². The Morgan fingerprint density at radius 2 is 1.27 bits per heavy atom. The van der Waals surface area contributed by atoms with Crippen LogP contribution in [0.4, 0.5) is 28.6 Å². The molecule has 0 aromatic heterocycles. The van der Waals surface area contributed by atoms with Crippen molar-refractivity contribution in [3.05, 3.63) is 48.5 Å². The van der Waals surface area contributed by atoms with Gasteiger partial charge in [0, 0.05) is 9.79 Å². The van der Waals surface area contributed by atoms with Crippen LogP contribution in [0.15, 0.2) is 58.3 Å². The van der Waals surface area contributed by atoms with Crippen LogP contribution in [-0.4, -0.2) is 20.3 Å². The largest absolute Gasteiger partial charge is 0.673 e. The van der Waals surface area contributed by atoms with Crippen molar-refractivity contribution in [3.8, 4) is 0 Å². The third-order valence-corrected chi connectivity index (χ3v) is 4.04. The molecule has 0 radical (unpaired) electrons. The predicted octanol–water partition coefficient (Wildman–Crippen LogP) is 3.83. The number of rotatable bonds is 2. The molecule has 0 amide bonds. The van der Waals surface area contributed by atoms with Gasteiger partial charge in [-0.25, -0.2) is 0 Å². The number of quaternary nitrogens is 1. The molecule has 3 N–H and O–H groups in total. The summed E-state index contributed by atoms with van der Waals surface area (Å²) in [6, 6.07) is 17.1. The molecule has 2 nitrogen and oxygen atoms in total. The van der Waals surface area contributed by atoms with Crippen LogP contribution < -0.4 is 10.6 Å². The molecular weight excluding hydrogens is 315 g/mol. The highest BCUT2D eigenvalue weighted by Crippen LogP contribution is 2.47. The first-order valence-corrected chi connectivity index (χ1v) is 7.52. The minimum atomic E-state index is -6.00. The number of benzene rings is 2. The van der Waals surface area contributed by atoms with E-state index >= 15 is 0 Å². The zero-order valence-corrected chi connectivity index (χ0v) is 12.5. The van der Waals surface area contributed by atoms with Gasteiger partial charge >= 0.3 is 7.25 Å². The highest BCUT2D eigenvalue weighted by atomic mass is 32.2. The Bertz CT molecular complexity index is 585. The van der Waals surface area contributed by atoms with Gasteiger partial charge in [0.25, 0.3) is 0 Å². The van der Waals surface area contributed by atoms with Crippen LogP contribution >= 0.6 is 11.8 Å². The second-order valence-corrected chi connectivity index (χ2v) is 5.62. The summed E-state index contributed by atoms with van der Waals surface area (Å²) in [5.74, 6) is 0. The Hall–Kier alpha value is -1.67. The van der Waals surface area contributed by atoms with Crippen molar-refractivity contribution >= 4 is 30.4 Å². The second-order valence-electron chi connectivity index (χ2n) is 4.54. The number of hydrogen-bond donors (Lipinski definition) is 1. The lowest BCUT2D eigenvalue weighted by Crippen LogP contribution is -2.54. The molecule has 118 valence electrons. The van der Waals surface area contributed by atoms with Gasteiger partial charge in [-0.2, -0.15) is 0 Å². The maximum atomic E-state index is 9.75. The molecule has 0 spiro atoms. The maximum Gasteiger partial charge on any atom is 0.673 e. The smallest absolute Gasteiger partial charge is 0.418 e. The van der Waals surface area contributed by atoms with E-state index in [4.69, 9.17) is 0 Å². The quantitative estimate of drug-likeness (QED) is 0.670. The topological polar surface area (TPSA) is 30.9 Å². The third kappa shape index (κ3) is 4.41. The summed E-state index contributed by atoms with van der Waals surface area (Å²) in [5, 5.41) is 0. The number of hydrogen-bond acceptors (Lipinski definition) is 2. The molecule has 1 heterocycles. The minimum absolute atomic E-state index is 0.910. The average molecular weight is 330 g/mol. The molecule has 0 fully saturated rings. The van der Waals surface area contributed by atoms with Gasteiger partial charge in [0.1, 0.15) is 0 Å². The van der Waals surface area contributed by atoms with E-state index < -0.39 is 7.25 Å². The van der Waals surface area contributed by atoms with Gasteiger partial charge in [-0.15, -0.1) is 0 Å². The molecule has 2 aromatic carbocycles. The monoisotopic (exact) mass is 330 g/mol. The van der Waals surface area contributed by atoms with Crippen molar-refractivity contribution in [1.29, 1.82) is 0 Å². The van der Waals surface area contributed by atoms with Crippen molar-refractivity contribution in [2.75, 3.05) is 18.0 Å². The SMILES string of the molecule is F[B-](F)(F)F.[NH3+]CCN1c2ccccc2Sc2ccccc21. The van der Waals surface area contributed by atoms with E-state index in [0.717, 1.165) is 13.1 Å². The Balaban J connectivity index is 0.000000309. The number of anilines is 2. The Labute approximate surface area is 130 Å². The molecule has 3 rings (SSSR count). The second kappa shape index (κ2) is 7.06. The van der Waals surface area contributed by atoms with Crippen molar-refractivity contribution in [2.45, 2.75) is 9.79 Å². The zero-order chi connectivity index (χ0) is 16.2. The summed E-state index contributed by atoms with van der Waals surface area (Å²) in [6.45, 7) is 1.88. The van der Waals surface area contributed by atoms with E-state index in [1.807, 2.05) is 11.8 Å². The van der Waals surface area contributed by atoms with E-state index in [9.17, 15) is 17.3 Å². The molecule has 8 heteroatoms. The highest BCUT2D eigenvalue weighted by molar-refractivity contribution is 7.99. The van der Waals surface area contributed by atoms with Gasteiger partial charge in [-0.05, 0) is 24.3 Å². The van der Waals surface area contributed by atoms with Gasteiger partial charge in [0.15, 0.2) is 0 Å². The molecule has 22 heavy (non-hydrogen) atoms. The predicted molar refractivity (Wildman–Crippen MR) is 82.0 cm³/mol. The molecule has 0 saturated carbocycles. The molecule has 0 saturated heterocycles. The Morgan fingerprint density at radius 1 is 0.864 bits per heavy atom. The van der Waals surface area contributed by atoms with Crippen LogP contribution in [0.1, 0.15) is 0 Å². The number of para-hydroxylation sites is 2. The molecule has 0 unspecified atom stereocenters. The van der Waals surface area contributed by atoms with Gasteiger partial charge in [0.05, 0.1) is 24.5 Å². The third-order valence-electron chi connectivity index (χ3n) is 2.91. The first-order chi connectivity index (χ1) is 10.4. The van der Waals surface area contributed by atoms with Crippen LogP contribution in [0.5, 0.6) is 0 Å². The molecular formula is C14H15BF4N2S. The Kier molecular flexibility index (Phi) is 5.36. The molecule has 2 aromatic rings. The maximum absolute atomic E-state index is 9.75.